The first-order valence-corrected chi connectivity index (χ1v) is 11.2. The predicted octanol–water partition coefficient (Wildman–Crippen LogP) is 4.76. The second-order valence-electron chi connectivity index (χ2n) is 7.26. The van der Waals surface area contributed by atoms with E-state index >= 15 is 0 Å². The molecular weight excluding hydrogens is 409 g/mol. The minimum absolute atomic E-state index is 0.0607. The van der Waals surface area contributed by atoms with Gasteiger partial charge in [0.25, 0.3) is 5.56 Å². The number of thioether (sulfide) groups is 1. The van der Waals surface area contributed by atoms with Crippen LogP contribution in [0.3, 0.4) is 0 Å². The molecule has 0 aliphatic carbocycles. The number of amides is 1. The van der Waals surface area contributed by atoms with E-state index in [1.807, 2.05) is 34.6 Å². The first-order chi connectivity index (χ1) is 13.7. The van der Waals surface area contributed by atoms with Crippen LogP contribution >= 0.6 is 23.1 Å². The Balaban J connectivity index is 1.79. The minimum atomic E-state index is -0.310. The lowest BCUT2D eigenvalue weighted by molar-refractivity contribution is -0.119. The molecule has 8 heteroatoms. The van der Waals surface area contributed by atoms with Gasteiger partial charge in [0.1, 0.15) is 10.6 Å². The van der Waals surface area contributed by atoms with Gasteiger partial charge < -0.3 is 5.32 Å². The molecule has 5 nitrogen and oxygen atoms in total. The van der Waals surface area contributed by atoms with Crippen LogP contribution in [0, 0.1) is 19.7 Å². The highest BCUT2D eigenvalue weighted by Crippen LogP contribution is 2.29. The van der Waals surface area contributed by atoms with Crippen molar-refractivity contribution in [2.75, 3.05) is 5.75 Å². The zero-order valence-corrected chi connectivity index (χ0v) is 18.7. The summed E-state index contributed by atoms with van der Waals surface area (Å²) >= 11 is 2.76. The summed E-state index contributed by atoms with van der Waals surface area (Å²) in [5.74, 6) is -0.343. The molecular formula is C21H24FN3O2S2. The lowest BCUT2D eigenvalue weighted by Gasteiger charge is -2.17. The third-order valence-electron chi connectivity index (χ3n) is 4.80. The van der Waals surface area contributed by atoms with Crippen molar-refractivity contribution in [1.82, 2.24) is 14.9 Å². The van der Waals surface area contributed by atoms with Gasteiger partial charge in [0, 0.05) is 10.9 Å². The summed E-state index contributed by atoms with van der Waals surface area (Å²) in [6, 6.07) is 5.75. The van der Waals surface area contributed by atoms with Gasteiger partial charge in [0.2, 0.25) is 5.91 Å². The molecule has 0 fully saturated rings. The van der Waals surface area contributed by atoms with E-state index in [2.05, 4.69) is 10.3 Å². The van der Waals surface area contributed by atoms with Crippen LogP contribution in [0.25, 0.3) is 10.2 Å². The van der Waals surface area contributed by atoms with Gasteiger partial charge in [-0.3, -0.25) is 14.2 Å². The van der Waals surface area contributed by atoms with Crippen LogP contribution in [-0.2, 0) is 4.79 Å². The molecule has 0 saturated carbocycles. The van der Waals surface area contributed by atoms with Gasteiger partial charge in [0.05, 0.1) is 17.2 Å². The standard InChI is InChI=1S/C21H24FN3O2S2/c1-11(2)25-20(27)18-12(3)14(5)29-19(18)24-21(25)28-10-17(26)23-13(4)15-6-8-16(22)9-7-15/h6-9,11,13H,10H2,1-5H3,(H,23,26). The quantitative estimate of drug-likeness (QED) is 0.449. The van der Waals surface area contributed by atoms with Gasteiger partial charge in [-0.2, -0.15) is 0 Å². The molecule has 29 heavy (non-hydrogen) atoms. The second kappa shape index (κ2) is 8.67. The number of carbonyl (C=O) groups is 1. The number of benzene rings is 1. The summed E-state index contributed by atoms with van der Waals surface area (Å²) in [6.07, 6.45) is 0. The number of aryl methyl sites for hydroxylation is 2. The van der Waals surface area contributed by atoms with Crippen LogP contribution in [0.4, 0.5) is 4.39 Å². The van der Waals surface area contributed by atoms with E-state index in [1.165, 1.54) is 35.2 Å². The Bertz CT molecular complexity index is 1100. The lowest BCUT2D eigenvalue weighted by atomic mass is 10.1. The number of fused-ring (bicyclic) bond motifs is 1. The van der Waals surface area contributed by atoms with Crippen molar-refractivity contribution in [2.45, 2.75) is 51.9 Å². The third kappa shape index (κ3) is 4.53. The number of nitrogens with one attached hydrogen (secondary N) is 1. The molecule has 0 radical (unpaired) electrons. The van der Waals surface area contributed by atoms with E-state index in [1.54, 1.807) is 16.7 Å². The molecule has 1 unspecified atom stereocenters. The van der Waals surface area contributed by atoms with Gasteiger partial charge in [-0.25, -0.2) is 9.37 Å². The summed E-state index contributed by atoms with van der Waals surface area (Å²) < 4.78 is 14.7. The van der Waals surface area contributed by atoms with Crippen LogP contribution in [0.2, 0.25) is 0 Å². The predicted molar refractivity (Wildman–Crippen MR) is 117 cm³/mol. The number of aromatic nitrogens is 2. The summed E-state index contributed by atoms with van der Waals surface area (Å²) in [4.78, 5) is 32.0. The molecule has 1 amide bonds. The third-order valence-corrected chi connectivity index (χ3v) is 6.85. The summed E-state index contributed by atoms with van der Waals surface area (Å²) in [7, 11) is 0. The van der Waals surface area contributed by atoms with Crippen molar-refractivity contribution in [3.8, 4) is 0 Å². The number of hydrogen-bond acceptors (Lipinski definition) is 5. The molecule has 0 aliphatic rings. The Morgan fingerprint density at radius 3 is 2.52 bits per heavy atom. The zero-order chi connectivity index (χ0) is 21.3. The molecule has 0 spiro atoms. The largest absolute Gasteiger partial charge is 0.349 e. The maximum absolute atomic E-state index is 13.1. The Hall–Kier alpha value is -2.19. The fourth-order valence-corrected chi connectivity index (χ4v) is 5.10. The van der Waals surface area contributed by atoms with Gasteiger partial charge in [-0.1, -0.05) is 23.9 Å². The van der Waals surface area contributed by atoms with Crippen LogP contribution in [0.1, 0.15) is 48.9 Å². The maximum atomic E-state index is 13.1. The average Bonchev–Trinajstić information content (AvgIpc) is 2.94. The average molecular weight is 434 g/mol. The SMILES string of the molecule is Cc1sc2nc(SCC(=O)NC(C)c3ccc(F)cc3)n(C(C)C)c(=O)c2c1C. The van der Waals surface area contributed by atoms with Crippen LogP contribution in [0.5, 0.6) is 0 Å². The second-order valence-corrected chi connectivity index (χ2v) is 9.40. The molecule has 1 aromatic carbocycles. The van der Waals surface area contributed by atoms with Gasteiger partial charge >= 0.3 is 0 Å². The molecule has 2 heterocycles. The number of halogens is 1. The smallest absolute Gasteiger partial charge is 0.263 e. The fraction of sp³-hybridized carbons (Fsp3) is 0.381. The van der Waals surface area contributed by atoms with E-state index in [9.17, 15) is 14.0 Å². The van der Waals surface area contributed by atoms with Crippen molar-refractivity contribution in [3.05, 3.63) is 56.4 Å². The Morgan fingerprint density at radius 2 is 1.90 bits per heavy atom. The zero-order valence-electron chi connectivity index (χ0n) is 17.1. The Labute approximate surface area is 177 Å². The van der Waals surface area contributed by atoms with Gasteiger partial charge in [-0.15, -0.1) is 11.3 Å². The first-order valence-electron chi connectivity index (χ1n) is 9.39. The Kier molecular flexibility index (Phi) is 6.43. The van der Waals surface area contributed by atoms with Crippen molar-refractivity contribution in [1.29, 1.82) is 0 Å². The van der Waals surface area contributed by atoms with Crippen molar-refractivity contribution < 1.29 is 9.18 Å². The van der Waals surface area contributed by atoms with Crippen LogP contribution < -0.4 is 10.9 Å². The molecule has 1 N–H and O–H groups in total. The van der Waals surface area contributed by atoms with Crippen LogP contribution in [0.15, 0.2) is 34.2 Å². The summed E-state index contributed by atoms with van der Waals surface area (Å²) in [5, 5.41) is 4.12. The molecule has 3 rings (SSSR count). The minimum Gasteiger partial charge on any atom is -0.349 e. The molecule has 2 aromatic heterocycles. The molecule has 3 aromatic rings. The number of carbonyl (C=O) groups excluding carboxylic acids is 1. The number of hydrogen-bond donors (Lipinski definition) is 1. The number of thiophene rings is 1. The highest BCUT2D eigenvalue weighted by atomic mass is 32.2. The lowest BCUT2D eigenvalue weighted by Crippen LogP contribution is -2.29. The van der Waals surface area contributed by atoms with Crippen molar-refractivity contribution in [3.63, 3.8) is 0 Å². The van der Waals surface area contributed by atoms with E-state index < -0.39 is 0 Å². The molecule has 1 atom stereocenters. The first kappa shape index (κ1) is 21.5. The molecule has 0 aliphatic heterocycles. The van der Waals surface area contributed by atoms with Crippen molar-refractivity contribution in [2.24, 2.45) is 0 Å². The maximum Gasteiger partial charge on any atom is 0.263 e. The molecule has 0 saturated heterocycles. The highest BCUT2D eigenvalue weighted by molar-refractivity contribution is 7.99. The van der Waals surface area contributed by atoms with Gasteiger partial charge in [-0.05, 0) is 57.9 Å². The van der Waals surface area contributed by atoms with E-state index in [4.69, 9.17) is 0 Å². The molecule has 154 valence electrons. The van der Waals surface area contributed by atoms with E-state index in [0.717, 1.165) is 16.0 Å². The van der Waals surface area contributed by atoms with Crippen LogP contribution in [-0.4, -0.2) is 21.2 Å². The molecule has 0 bridgehead atoms. The van der Waals surface area contributed by atoms with Crippen molar-refractivity contribution >= 4 is 39.2 Å². The summed E-state index contributed by atoms with van der Waals surface area (Å²) in [5.41, 5.74) is 1.74. The monoisotopic (exact) mass is 433 g/mol. The highest BCUT2D eigenvalue weighted by Gasteiger charge is 2.19. The topological polar surface area (TPSA) is 64.0 Å². The normalized spacial score (nSPS) is 12.5. The summed E-state index contributed by atoms with van der Waals surface area (Å²) in [6.45, 7) is 9.65. The number of nitrogens with zero attached hydrogens (tertiary/aromatic N) is 2. The number of rotatable bonds is 6. The van der Waals surface area contributed by atoms with E-state index in [0.29, 0.717) is 15.4 Å². The van der Waals surface area contributed by atoms with E-state index in [-0.39, 0.29) is 35.1 Å². The van der Waals surface area contributed by atoms with Gasteiger partial charge in [0.15, 0.2) is 5.16 Å². The Morgan fingerprint density at radius 1 is 1.24 bits per heavy atom. The fourth-order valence-electron chi connectivity index (χ4n) is 3.09.